The fourth-order valence-electron chi connectivity index (χ4n) is 3.98. The van der Waals surface area contributed by atoms with Crippen molar-refractivity contribution in [1.82, 2.24) is 9.47 Å². The van der Waals surface area contributed by atoms with E-state index in [0.717, 1.165) is 54.9 Å². The largest absolute Gasteiger partial charge is 0.318 e. The number of aromatic nitrogens is 1. The van der Waals surface area contributed by atoms with E-state index in [9.17, 15) is 14.0 Å². The summed E-state index contributed by atoms with van der Waals surface area (Å²) in [6.45, 7) is 8.11. The van der Waals surface area contributed by atoms with Crippen LogP contribution in [0.15, 0.2) is 45.8 Å². The lowest BCUT2D eigenvalue weighted by atomic mass is 10.1. The van der Waals surface area contributed by atoms with Crippen molar-refractivity contribution in [2.24, 2.45) is 0 Å². The standard InChI is InChI=1S/C25H21BrClFN2O2S/c1-13-7-20(8-14(2)23(13)26)30-15(3)9-18(16(30)4)10-22-24(31)29(25(32)33-22)12-17-5-6-19(28)11-21(17)27/h5-11H,12H2,1-4H3/b22-10-. The smallest absolute Gasteiger partial charge is 0.293 e. The van der Waals surface area contributed by atoms with E-state index in [-0.39, 0.29) is 22.7 Å². The maximum atomic E-state index is 13.3. The van der Waals surface area contributed by atoms with Crippen LogP contribution < -0.4 is 0 Å². The average Bonchev–Trinajstić information content (AvgIpc) is 3.17. The molecule has 0 atom stereocenters. The Bertz CT molecular complexity index is 1330. The van der Waals surface area contributed by atoms with Crippen LogP contribution in [-0.2, 0) is 11.3 Å². The van der Waals surface area contributed by atoms with Crippen molar-refractivity contribution in [2.45, 2.75) is 34.2 Å². The third-order valence-corrected chi connectivity index (χ3v) is 8.16. The predicted octanol–water partition coefficient (Wildman–Crippen LogP) is 7.50. The van der Waals surface area contributed by atoms with Gasteiger partial charge in [-0.25, -0.2) is 4.39 Å². The van der Waals surface area contributed by atoms with Gasteiger partial charge < -0.3 is 4.57 Å². The van der Waals surface area contributed by atoms with Crippen LogP contribution in [0.3, 0.4) is 0 Å². The minimum atomic E-state index is -0.468. The molecule has 1 fully saturated rings. The first-order valence-corrected chi connectivity index (χ1v) is 12.2. The third-order valence-electron chi connectivity index (χ3n) is 5.65. The molecule has 0 radical (unpaired) electrons. The second-order valence-corrected chi connectivity index (χ2v) is 10.3. The Morgan fingerprint density at radius 3 is 2.36 bits per heavy atom. The fourth-order valence-corrected chi connectivity index (χ4v) is 5.27. The molecule has 4 nitrogen and oxygen atoms in total. The molecule has 0 unspecified atom stereocenters. The number of nitrogens with zero attached hydrogens (tertiary/aromatic N) is 2. The van der Waals surface area contributed by atoms with Crippen LogP contribution in [0.25, 0.3) is 11.8 Å². The molecule has 1 aliphatic rings. The number of rotatable bonds is 4. The monoisotopic (exact) mass is 546 g/mol. The topological polar surface area (TPSA) is 42.3 Å². The summed E-state index contributed by atoms with van der Waals surface area (Å²) in [5, 5.41) is -0.193. The van der Waals surface area contributed by atoms with E-state index in [1.54, 1.807) is 6.08 Å². The number of hydrogen-bond acceptors (Lipinski definition) is 3. The van der Waals surface area contributed by atoms with Crippen LogP contribution in [0.2, 0.25) is 5.02 Å². The number of hydrogen-bond donors (Lipinski definition) is 0. The highest BCUT2D eigenvalue weighted by molar-refractivity contribution is 9.10. The summed E-state index contributed by atoms with van der Waals surface area (Å²) >= 11 is 10.6. The molecule has 0 aliphatic carbocycles. The van der Waals surface area contributed by atoms with Gasteiger partial charge in [-0.05, 0) is 98.1 Å². The van der Waals surface area contributed by atoms with E-state index in [2.05, 4.69) is 46.5 Å². The molecule has 4 rings (SSSR count). The van der Waals surface area contributed by atoms with E-state index < -0.39 is 5.82 Å². The highest BCUT2D eigenvalue weighted by Gasteiger charge is 2.35. The van der Waals surface area contributed by atoms with Gasteiger partial charge in [-0.15, -0.1) is 0 Å². The first-order chi connectivity index (χ1) is 15.6. The van der Waals surface area contributed by atoms with Crippen LogP contribution in [0, 0.1) is 33.5 Å². The number of carbonyl (C=O) groups excluding carboxylic acids is 2. The van der Waals surface area contributed by atoms with Gasteiger partial charge in [0, 0.05) is 26.6 Å². The molecule has 2 amide bonds. The van der Waals surface area contributed by atoms with Crippen LogP contribution in [-0.4, -0.2) is 20.6 Å². The third kappa shape index (κ3) is 4.54. The van der Waals surface area contributed by atoms with Crippen molar-refractivity contribution in [3.8, 4) is 5.69 Å². The fraction of sp³-hybridized carbons (Fsp3) is 0.200. The highest BCUT2D eigenvalue weighted by Crippen LogP contribution is 2.36. The maximum absolute atomic E-state index is 13.3. The molecule has 170 valence electrons. The molecule has 0 saturated carbocycles. The average molecular weight is 548 g/mol. The zero-order valence-electron chi connectivity index (χ0n) is 18.5. The maximum Gasteiger partial charge on any atom is 0.293 e. The molecule has 2 aromatic carbocycles. The molecule has 0 N–H and O–H groups in total. The summed E-state index contributed by atoms with van der Waals surface area (Å²) in [4.78, 5) is 27.0. The van der Waals surface area contributed by atoms with Crippen molar-refractivity contribution < 1.29 is 14.0 Å². The van der Waals surface area contributed by atoms with E-state index >= 15 is 0 Å². The Hall–Kier alpha value is -2.35. The van der Waals surface area contributed by atoms with Crippen molar-refractivity contribution in [1.29, 1.82) is 0 Å². The number of amides is 2. The second-order valence-electron chi connectivity index (χ2n) is 8.06. The molecular weight excluding hydrogens is 527 g/mol. The Morgan fingerprint density at radius 2 is 1.73 bits per heavy atom. The summed E-state index contributed by atoms with van der Waals surface area (Å²) in [6, 6.07) is 10.2. The summed E-state index contributed by atoms with van der Waals surface area (Å²) < 4.78 is 16.6. The van der Waals surface area contributed by atoms with Gasteiger partial charge in [0.1, 0.15) is 5.82 Å². The molecule has 2 heterocycles. The number of thioether (sulfide) groups is 1. The summed E-state index contributed by atoms with van der Waals surface area (Å²) in [6.07, 6.45) is 1.76. The highest BCUT2D eigenvalue weighted by atomic mass is 79.9. The van der Waals surface area contributed by atoms with Crippen molar-refractivity contribution in [3.05, 3.63) is 90.3 Å². The van der Waals surface area contributed by atoms with Gasteiger partial charge in [0.2, 0.25) is 0 Å². The second kappa shape index (κ2) is 9.12. The molecule has 33 heavy (non-hydrogen) atoms. The molecule has 8 heteroatoms. The van der Waals surface area contributed by atoms with Crippen molar-refractivity contribution in [2.75, 3.05) is 0 Å². The van der Waals surface area contributed by atoms with Gasteiger partial charge >= 0.3 is 0 Å². The number of halogens is 3. The number of imide groups is 1. The molecule has 1 aromatic heterocycles. The predicted molar refractivity (Wildman–Crippen MR) is 135 cm³/mol. The van der Waals surface area contributed by atoms with Gasteiger partial charge in [0.15, 0.2) is 0 Å². The summed E-state index contributed by atoms with van der Waals surface area (Å²) in [5.74, 6) is -0.852. The molecule has 3 aromatic rings. The minimum Gasteiger partial charge on any atom is -0.318 e. The van der Waals surface area contributed by atoms with Crippen LogP contribution in [0.5, 0.6) is 0 Å². The van der Waals surface area contributed by atoms with Gasteiger partial charge in [0.05, 0.1) is 11.4 Å². The Morgan fingerprint density at radius 1 is 1.06 bits per heavy atom. The number of aryl methyl sites for hydroxylation is 3. The van der Waals surface area contributed by atoms with Crippen molar-refractivity contribution >= 4 is 56.5 Å². The zero-order valence-corrected chi connectivity index (χ0v) is 21.7. The summed E-state index contributed by atoms with van der Waals surface area (Å²) in [5.41, 5.74) is 6.71. The van der Waals surface area contributed by atoms with E-state index in [1.165, 1.54) is 18.2 Å². The van der Waals surface area contributed by atoms with E-state index in [4.69, 9.17) is 11.6 Å². The molecule has 1 saturated heterocycles. The number of benzene rings is 2. The van der Waals surface area contributed by atoms with Gasteiger partial charge in [-0.2, -0.15) is 0 Å². The van der Waals surface area contributed by atoms with Crippen LogP contribution >= 0.6 is 39.3 Å². The van der Waals surface area contributed by atoms with Gasteiger partial charge in [0.25, 0.3) is 11.1 Å². The Kier molecular flexibility index (Phi) is 6.58. The quantitative estimate of drug-likeness (QED) is 0.318. The summed E-state index contributed by atoms with van der Waals surface area (Å²) in [7, 11) is 0. The number of carbonyl (C=O) groups is 2. The lowest BCUT2D eigenvalue weighted by Crippen LogP contribution is -2.27. The zero-order chi connectivity index (χ0) is 24.0. The Balaban J connectivity index is 1.65. The molecule has 1 aliphatic heterocycles. The van der Waals surface area contributed by atoms with E-state index in [1.807, 2.05) is 19.9 Å². The normalized spacial score (nSPS) is 15.2. The van der Waals surface area contributed by atoms with Crippen LogP contribution in [0.1, 0.15) is 33.6 Å². The lowest BCUT2D eigenvalue weighted by Gasteiger charge is -2.14. The minimum absolute atomic E-state index is 0.00239. The Labute approximate surface area is 209 Å². The lowest BCUT2D eigenvalue weighted by molar-refractivity contribution is -0.123. The SMILES string of the molecule is Cc1cc(-n2c(C)cc(/C=C3\SC(=O)N(Cc4ccc(F)cc4Cl)C3=O)c2C)cc(C)c1Br. The van der Waals surface area contributed by atoms with E-state index in [0.29, 0.717) is 10.5 Å². The molecule has 0 spiro atoms. The van der Waals surface area contributed by atoms with Gasteiger partial charge in [-0.3, -0.25) is 14.5 Å². The van der Waals surface area contributed by atoms with Gasteiger partial charge in [-0.1, -0.05) is 33.6 Å². The van der Waals surface area contributed by atoms with Crippen LogP contribution in [0.4, 0.5) is 9.18 Å². The molecule has 0 bridgehead atoms. The first kappa shape index (κ1) is 23.8. The molecular formula is C25H21BrClFN2O2S. The van der Waals surface area contributed by atoms with Crippen molar-refractivity contribution in [3.63, 3.8) is 0 Å². The first-order valence-electron chi connectivity index (χ1n) is 10.2.